The van der Waals surface area contributed by atoms with Crippen molar-refractivity contribution in [2.45, 2.75) is 31.9 Å². The van der Waals surface area contributed by atoms with Crippen molar-refractivity contribution in [1.29, 1.82) is 0 Å². The molecule has 1 aromatic heterocycles. The first-order valence-electron chi connectivity index (χ1n) is 10.5. The molecule has 2 saturated heterocycles. The van der Waals surface area contributed by atoms with Crippen molar-refractivity contribution in [3.8, 4) is 0 Å². The molecule has 2 aromatic rings. The zero-order valence-corrected chi connectivity index (χ0v) is 19.8. The maximum atomic E-state index is 12.5. The van der Waals surface area contributed by atoms with Crippen LogP contribution in [0.15, 0.2) is 35.6 Å². The molecule has 0 saturated carbocycles. The lowest BCUT2D eigenvalue weighted by Crippen LogP contribution is -2.55. The predicted octanol–water partition coefficient (Wildman–Crippen LogP) is 1.94. The van der Waals surface area contributed by atoms with Crippen molar-refractivity contribution >= 4 is 46.9 Å². The van der Waals surface area contributed by atoms with Crippen LogP contribution in [0.1, 0.15) is 19.3 Å². The van der Waals surface area contributed by atoms with Crippen molar-refractivity contribution < 1.29 is 9.53 Å². The van der Waals surface area contributed by atoms with Crippen molar-refractivity contribution in [3.63, 3.8) is 0 Å². The van der Waals surface area contributed by atoms with Crippen LogP contribution in [-0.2, 0) is 16.1 Å². The summed E-state index contributed by atoms with van der Waals surface area (Å²) in [6.45, 7) is 5.50. The van der Waals surface area contributed by atoms with Crippen LogP contribution >= 0.6 is 24.0 Å². The molecule has 1 unspecified atom stereocenters. The number of imidazole rings is 1. The van der Waals surface area contributed by atoms with Crippen LogP contribution in [0.4, 0.5) is 0 Å². The molecule has 0 spiro atoms. The summed E-state index contributed by atoms with van der Waals surface area (Å²) in [7, 11) is 1.82. The van der Waals surface area contributed by atoms with Gasteiger partial charge in [0.15, 0.2) is 5.96 Å². The second kappa shape index (κ2) is 10.9. The molecule has 2 fully saturated rings. The molecule has 1 atom stereocenters. The number of nitrogens with zero attached hydrogens (tertiary/aromatic N) is 5. The van der Waals surface area contributed by atoms with Crippen LogP contribution in [0.3, 0.4) is 0 Å². The maximum absolute atomic E-state index is 12.5. The van der Waals surface area contributed by atoms with Gasteiger partial charge in [0, 0.05) is 52.9 Å². The number of nitrogens with one attached hydrogen (secondary N) is 1. The molecule has 8 nitrogen and oxygen atoms in total. The van der Waals surface area contributed by atoms with Gasteiger partial charge in [-0.05, 0) is 31.4 Å². The van der Waals surface area contributed by atoms with Crippen LogP contribution in [0.2, 0.25) is 0 Å². The number of piperazine rings is 1. The van der Waals surface area contributed by atoms with Crippen LogP contribution in [0.25, 0.3) is 11.0 Å². The number of halogens is 1. The summed E-state index contributed by atoms with van der Waals surface area (Å²) in [6.07, 6.45) is 4.51. The summed E-state index contributed by atoms with van der Waals surface area (Å²) < 4.78 is 7.73. The lowest BCUT2D eigenvalue weighted by molar-refractivity contribution is -0.142. The Morgan fingerprint density at radius 2 is 2.00 bits per heavy atom. The average molecular weight is 526 g/mol. The molecule has 9 heteroatoms. The van der Waals surface area contributed by atoms with E-state index in [0.29, 0.717) is 6.61 Å². The quantitative estimate of drug-likeness (QED) is 0.279. The molecule has 0 bridgehead atoms. The number of guanidine groups is 1. The minimum atomic E-state index is -0.224. The number of aliphatic imine (C=N–C) groups is 1. The number of carbonyl (C=O) groups excluding carboxylic acids is 1. The molecule has 1 aromatic carbocycles. The number of para-hydroxylation sites is 2. The van der Waals surface area contributed by atoms with E-state index in [2.05, 4.69) is 30.8 Å². The number of hydrogen-bond acceptors (Lipinski definition) is 4. The van der Waals surface area contributed by atoms with E-state index in [9.17, 15) is 4.79 Å². The molecule has 3 heterocycles. The molecule has 0 aliphatic carbocycles. The molecule has 30 heavy (non-hydrogen) atoms. The van der Waals surface area contributed by atoms with E-state index in [4.69, 9.17) is 4.74 Å². The lowest BCUT2D eigenvalue weighted by Gasteiger charge is -2.37. The Kier molecular flexibility index (Phi) is 8.32. The van der Waals surface area contributed by atoms with Gasteiger partial charge in [0.1, 0.15) is 6.10 Å². The van der Waals surface area contributed by atoms with Crippen LogP contribution in [0.5, 0.6) is 0 Å². The fraction of sp³-hybridized carbons (Fsp3) is 0.571. The van der Waals surface area contributed by atoms with Crippen LogP contribution in [0, 0.1) is 0 Å². The fourth-order valence-electron chi connectivity index (χ4n) is 4.09. The first-order valence-corrected chi connectivity index (χ1v) is 10.5. The largest absolute Gasteiger partial charge is 0.368 e. The summed E-state index contributed by atoms with van der Waals surface area (Å²) in [5.41, 5.74) is 2.20. The molecule has 164 valence electrons. The third-order valence-corrected chi connectivity index (χ3v) is 5.69. The predicted molar refractivity (Wildman–Crippen MR) is 128 cm³/mol. The minimum Gasteiger partial charge on any atom is -0.368 e. The zero-order chi connectivity index (χ0) is 20.1. The molecule has 4 rings (SSSR count). The number of ether oxygens (including phenoxy) is 1. The number of aryl methyl sites for hydroxylation is 1. The third-order valence-electron chi connectivity index (χ3n) is 5.69. The summed E-state index contributed by atoms with van der Waals surface area (Å²) in [6, 6.07) is 8.20. The van der Waals surface area contributed by atoms with Gasteiger partial charge in [0.25, 0.3) is 5.91 Å². The zero-order valence-electron chi connectivity index (χ0n) is 17.5. The highest BCUT2D eigenvalue weighted by molar-refractivity contribution is 14.0. The van der Waals surface area contributed by atoms with Crippen molar-refractivity contribution in [2.75, 3.05) is 46.4 Å². The number of rotatable bonds is 5. The highest BCUT2D eigenvalue weighted by Gasteiger charge is 2.30. The third kappa shape index (κ3) is 5.23. The van der Waals surface area contributed by atoms with Gasteiger partial charge in [-0.1, -0.05) is 12.1 Å². The summed E-state index contributed by atoms with van der Waals surface area (Å²) in [4.78, 5) is 25.5. The van der Waals surface area contributed by atoms with E-state index in [1.54, 1.807) is 0 Å². The molecule has 2 aliphatic heterocycles. The molecular weight excluding hydrogens is 495 g/mol. The van der Waals surface area contributed by atoms with Gasteiger partial charge in [-0.2, -0.15) is 0 Å². The Hall–Kier alpha value is -1.88. The first-order chi connectivity index (χ1) is 14.3. The number of benzene rings is 1. The van der Waals surface area contributed by atoms with Gasteiger partial charge in [0.05, 0.1) is 17.4 Å². The Labute approximate surface area is 194 Å². The van der Waals surface area contributed by atoms with E-state index in [1.807, 2.05) is 36.5 Å². The molecular formula is C21H31IN6O2. The lowest BCUT2D eigenvalue weighted by atomic mass is 10.2. The smallest absolute Gasteiger partial charge is 0.251 e. The van der Waals surface area contributed by atoms with Gasteiger partial charge in [-0.25, -0.2) is 4.98 Å². The Morgan fingerprint density at radius 1 is 1.23 bits per heavy atom. The van der Waals surface area contributed by atoms with E-state index < -0.39 is 0 Å². The summed E-state index contributed by atoms with van der Waals surface area (Å²) >= 11 is 0. The Morgan fingerprint density at radius 3 is 2.73 bits per heavy atom. The van der Waals surface area contributed by atoms with Gasteiger partial charge >= 0.3 is 0 Å². The Balaban J connectivity index is 0.00000256. The Bertz CT molecular complexity index is 856. The number of carbonyl (C=O) groups is 1. The fourth-order valence-corrected chi connectivity index (χ4v) is 4.09. The minimum absolute atomic E-state index is 0. The second-order valence-corrected chi connectivity index (χ2v) is 7.57. The van der Waals surface area contributed by atoms with E-state index in [-0.39, 0.29) is 36.0 Å². The van der Waals surface area contributed by atoms with Crippen molar-refractivity contribution in [1.82, 2.24) is 24.7 Å². The van der Waals surface area contributed by atoms with Crippen LogP contribution < -0.4 is 5.32 Å². The highest BCUT2D eigenvalue weighted by atomic mass is 127. The molecule has 1 amide bonds. The van der Waals surface area contributed by atoms with Crippen molar-refractivity contribution in [2.24, 2.45) is 4.99 Å². The SMILES string of the molecule is CN=C(NCCCn1cnc2ccccc21)N1CCN(C(=O)C2CCCO2)CC1.I. The number of aromatic nitrogens is 2. The standard InChI is InChI=1S/C21H30N6O2.HI/c1-22-21(23-9-5-10-27-16-24-17-6-2-3-7-18(17)27)26-13-11-25(12-14-26)20(28)19-8-4-15-29-19;/h2-3,6-7,16,19H,4-5,8-15H2,1H3,(H,22,23);1H. The molecule has 1 N–H and O–H groups in total. The number of hydrogen-bond donors (Lipinski definition) is 1. The number of amides is 1. The maximum Gasteiger partial charge on any atom is 0.251 e. The van der Waals surface area contributed by atoms with Crippen molar-refractivity contribution in [3.05, 3.63) is 30.6 Å². The van der Waals surface area contributed by atoms with Gasteiger partial charge in [-0.3, -0.25) is 9.79 Å². The van der Waals surface area contributed by atoms with E-state index in [0.717, 1.165) is 70.0 Å². The topological polar surface area (TPSA) is 75.0 Å². The summed E-state index contributed by atoms with van der Waals surface area (Å²) in [5, 5.41) is 3.46. The molecule has 2 aliphatic rings. The van der Waals surface area contributed by atoms with Gasteiger partial charge in [-0.15, -0.1) is 24.0 Å². The normalized spacial score (nSPS) is 19.8. The average Bonchev–Trinajstić information content (AvgIpc) is 3.44. The monoisotopic (exact) mass is 526 g/mol. The highest BCUT2D eigenvalue weighted by Crippen LogP contribution is 2.16. The first kappa shape index (κ1) is 22.8. The van der Waals surface area contributed by atoms with E-state index >= 15 is 0 Å². The van der Waals surface area contributed by atoms with E-state index in [1.165, 1.54) is 5.52 Å². The number of fused-ring (bicyclic) bond motifs is 1. The second-order valence-electron chi connectivity index (χ2n) is 7.57. The van der Waals surface area contributed by atoms with Gasteiger partial charge < -0.3 is 24.4 Å². The van der Waals surface area contributed by atoms with Crippen LogP contribution in [-0.4, -0.2) is 83.7 Å². The van der Waals surface area contributed by atoms with Gasteiger partial charge in [0.2, 0.25) is 0 Å². The molecule has 0 radical (unpaired) electrons. The summed E-state index contributed by atoms with van der Waals surface area (Å²) in [5.74, 6) is 1.06.